The summed E-state index contributed by atoms with van der Waals surface area (Å²) >= 11 is 6.39. The third-order valence-electron chi connectivity index (χ3n) is 5.75. The van der Waals surface area contributed by atoms with Crippen molar-refractivity contribution in [2.24, 2.45) is 7.05 Å². The van der Waals surface area contributed by atoms with Crippen molar-refractivity contribution >= 4 is 34.0 Å². The van der Waals surface area contributed by atoms with Gasteiger partial charge in [0.2, 0.25) is 0 Å². The summed E-state index contributed by atoms with van der Waals surface area (Å²) in [6.07, 6.45) is 5.68. The number of nitrogens with zero attached hydrogens (tertiary/aromatic N) is 6. The van der Waals surface area contributed by atoms with Gasteiger partial charge in [0.1, 0.15) is 29.9 Å². The van der Waals surface area contributed by atoms with Gasteiger partial charge in [-0.2, -0.15) is 5.10 Å². The standard InChI is InChI=1S/C22H23ClN8O/c1-3-15(28-20-18(19(24)25-10-26-20)21-27-11-30(2)29-21)16-9-12-5-4-6-14(23)17(12)22(32)31(16)13-7-8-13/h4-6,9-11,13,15H,3,7-8H2,1-2H3,(H3,24,25,26,28)/t15-/m0/s1. The molecule has 0 radical (unpaired) electrons. The van der Waals surface area contributed by atoms with Crippen LogP contribution in [-0.2, 0) is 7.05 Å². The molecule has 0 saturated heterocycles. The zero-order chi connectivity index (χ0) is 22.4. The largest absolute Gasteiger partial charge is 0.383 e. The Labute approximate surface area is 189 Å². The number of fused-ring (bicyclic) bond motifs is 1. The van der Waals surface area contributed by atoms with Gasteiger partial charge in [0.05, 0.1) is 16.5 Å². The number of hydrogen-bond acceptors (Lipinski definition) is 7. The molecule has 3 heterocycles. The van der Waals surface area contributed by atoms with Crippen molar-refractivity contribution in [2.45, 2.75) is 38.3 Å². The van der Waals surface area contributed by atoms with Crippen LogP contribution in [-0.4, -0.2) is 29.3 Å². The van der Waals surface area contributed by atoms with Crippen LogP contribution >= 0.6 is 11.6 Å². The summed E-state index contributed by atoms with van der Waals surface area (Å²) in [6, 6.07) is 7.57. The summed E-state index contributed by atoms with van der Waals surface area (Å²) in [7, 11) is 1.78. The lowest BCUT2D eigenvalue weighted by atomic mass is 10.0. The average Bonchev–Trinajstić information content (AvgIpc) is 3.51. The molecule has 1 fully saturated rings. The first-order valence-electron chi connectivity index (χ1n) is 10.5. The molecule has 9 nitrogen and oxygen atoms in total. The second-order valence-corrected chi connectivity index (χ2v) is 8.42. The van der Waals surface area contributed by atoms with Crippen LogP contribution in [0.3, 0.4) is 0 Å². The number of aromatic nitrogens is 6. The predicted molar refractivity (Wildman–Crippen MR) is 125 cm³/mol. The van der Waals surface area contributed by atoms with E-state index in [9.17, 15) is 4.79 Å². The fourth-order valence-corrected chi connectivity index (χ4v) is 4.33. The molecule has 1 saturated carbocycles. The van der Waals surface area contributed by atoms with Gasteiger partial charge < -0.3 is 15.6 Å². The Morgan fingerprint density at radius 3 is 2.78 bits per heavy atom. The van der Waals surface area contributed by atoms with E-state index in [-0.39, 0.29) is 23.5 Å². The number of halogens is 1. The summed E-state index contributed by atoms with van der Waals surface area (Å²) in [5.41, 5.74) is 7.55. The molecular weight excluding hydrogens is 428 g/mol. The molecule has 4 aromatic rings. The Morgan fingerprint density at radius 2 is 2.09 bits per heavy atom. The number of aryl methyl sites for hydroxylation is 1. The first-order valence-corrected chi connectivity index (χ1v) is 10.9. The second-order valence-electron chi connectivity index (χ2n) is 8.01. The summed E-state index contributed by atoms with van der Waals surface area (Å²) in [5.74, 6) is 1.25. The zero-order valence-corrected chi connectivity index (χ0v) is 18.5. The third kappa shape index (κ3) is 3.48. The van der Waals surface area contributed by atoms with Gasteiger partial charge >= 0.3 is 0 Å². The van der Waals surface area contributed by atoms with Gasteiger partial charge in [0.25, 0.3) is 5.56 Å². The molecule has 0 spiro atoms. The van der Waals surface area contributed by atoms with Gasteiger partial charge in [-0.3, -0.25) is 9.48 Å². The summed E-state index contributed by atoms with van der Waals surface area (Å²) < 4.78 is 3.49. The average molecular weight is 451 g/mol. The molecule has 0 amide bonds. The first kappa shape index (κ1) is 20.4. The quantitative estimate of drug-likeness (QED) is 0.459. The van der Waals surface area contributed by atoms with E-state index in [1.807, 2.05) is 22.8 Å². The highest BCUT2D eigenvalue weighted by atomic mass is 35.5. The van der Waals surface area contributed by atoms with E-state index in [2.05, 4.69) is 32.3 Å². The Morgan fingerprint density at radius 1 is 1.28 bits per heavy atom. The molecule has 0 aliphatic heterocycles. The molecule has 10 heteroatoms. The van der Waals surface area contributed by atoms with Gasteiger partial charge in [-0.15, -0.1) is 0 Å². The van der Waals surface area contributed by atoms with Crippen LogP contribution < -0.4 is 16.6 Å². The molecular formula is C22H23ClN8O. The highest BCUT2D eigenvalue weighted by Crippen LogP contribution is 2.39. The van der Waals surface area contributed by atoms with Crippen molar-refractivity contribution in [2.75, 3.05) is 11.1 Å². The molecule has 0 bridgehead atoms. The number of benzene rings is 1. The summed E-state index contributed by atoms with van der Waals surface area (Å²) in [5, 5.41) is 9.70. The molecule has 32 heavy (non-hydrogen) atoms. The SMILES string of the molecule is CC[C@H](Nc1ncnc(N)c1-c1ncn(C)n1)c1cc2cccc(Cl)c2c(=O)n1C1CC1. The minimum atomic E-state index is -0.191. The lowest BCUT2D eigenvalue weighted by Crippen LogP contribution is -2.27. The maximum atomic E-state index is 13.5. The fraction of sp³-hybridized carbons (Fsp3) is 0.318. The molecule has 3 N–H and O–H groups in total. The van der Waals surface area contributed by atoms with Crippen LogP contribution in [0, 0.1) is 0 Å². The number of nitrogens with two attached hydrogens (primary N) is 1. The number of rotatable bonds is 6. The van der Waals surface area contributed by atoms with E-state index in [0.717, 1.165) is 30.3 Å². The van der Waals surface area contributed by atoms with Crippen LogP contribution in [0.5, 0.6) is 0 Å². The van der Waals surface area contributed by atoms with Gasteiger partial charge in [0, 0.05) is 18.8 Å². The molecule has 3 aromatic heterocycles. The Hall–Kier alpha value is -3.46. The van der Waals surface area contributed by atoms with Crippen LogP contribution in [0.25, 0.3) is 22.2 Å². The number of anilines is 2. The van der Waals surface area contributed by atoms with Crippen molar-refractivity contribution < 1.29 is 0 Å². The number of hydrogen-bond donors (Lipinski definition) is 2. The smallest absolute Gasteiger partial charge is 0.260 e. The van der Waals surface area contributed by atoms with Crippen molar-refractivity contribution in [3.63, 3.8) is 0 Å². The van der Waals surface area contributed by atoms with Gasteiger partial charge in [0.15, 0.2) is 5.82 Å². The molecule has 0 unspecified atom stereocenters. The molecule has 164 valence electrons. The Bertz CT molecular complexity index is 1370. The van der Waals surface area contributed by atoms with E-state index >= 15 is 0 Å². The third-order valence-corrected chi connectivity index (χ3v) is 6.06. The van der Waals surface area contributed by atoms with Gasteiger partial charge in [-0.25, -0.2) is 15.0 Å². The van der Waals surface area contributed by atoms with E-state index in [0.29, 0.717) is 27.6 Å². The second kappa shape index (κ2) is 7.90. The molecule has 1 aliphatic carbocycles. The lowest BCUT2D eigenvalue weighted by molar-refractivity contribution is 0.604. The summed E-state index contributed by atoms with van der Waals surface area (Å²) in [4.78, 5) is 26.3. The Balaban J connectivity index is 1.64. The maximum absolute atomic E-state index is 13.5. The minimum absolute atomic E-state index is 0.0559. The van der Waals surface area contributed by atoms with Crippen molar-refractivity contribution in [1.29, 1.82) is 0 Å². The highest BCUT2D eigenvalue weighted by molar-refractivity contribution is 6.35. The van der Waals surface area contributed by atoms with Crippen LogP contribution in [0.1, 0.15) is 44.0 Å². The topological polar surface area (TPSA) is 117 Å². The van der Waals surface area contributed by atoms with Gasteiger partial charge in [-0.1, -0.05) is 30.7 Å². The first-order chi connectivity index (χ1) is 15.5. The van der Waals surface area contributed by atoms with E-state index in [4.69, 9.17) is 17.3 Å². The minimum Gasteiger partial charge on any atom is -0.383 e. The van der Waals surface area contributed by atoms with Crippen molar-refractivity contribution in [3.8, 4) is 11.4 Å². The van der Waals surface area contributed by atoms with E-state index in [1.54, 1.807) is 24.1 Å². The van der Waals surface area contributed by atoms with Crippen molar-refractivity contribution in [1.82, 2.24) is 29.3 Å². The van der Waals surface area contributed by atoms with Gasteiger partial charge in [-0.05, 0) is 36.8 Å². The van der Waals surface area contributed by atoms with E-state index in [1.165, 1.54) is 6.33 Å². The number of nitrogens with one attached hydrogen (secondary N) is 1. The predicted octanol–water partition coefficient (Wildman–Crippen LogP) is 3.72. The molecule has 5 rings (SSSR count). The van der Waals surface area contributed by atoms with Crippen molar-refractivity contribution in [3.05, 3.63) is 58.0 Å². The monoisotopic (exact) mass is 450 g/mol. The zero-order valence-electron chi connectivity index (χ0n) is 17.8. The Kier molecular flexibility index (Phi) is 5.05. The number of pyridine rings is 1. The fourth-order valence-electron chi connectivity index (χ4n) is 4.06. The molecule has 1 aliphatic rings. The highest BCUT2D eigenvalue weighted by Gasteiger charge is 2.31. The lowest BCUT2D eigenvalue weighted by Gasteiger charge is -2.24. The summed E-state index contributed by atoms with van der Waals surface area (Å²) in [6.45, 7) is 2.06. The van der Waals surface area contributed by atoms with Crippen LogP contribution in [0.4, 0.5) is 11.6 Å². The maximum Gasteiger partial charge on any atom is 0.260 e. The van der Waals surface area contributed by atoms with Crippen LogP contribution in [0.15, 0.2) is 41.7 Å². The van der Waals surface area contributed by atoms with Crippen LogP contribution in [0.2, 0.25) is 5.02 Å². The van der Waals surface area contributed by atoms with E-state index < -0.39 is 0 Å². The normalized spacial score (nSPS) is 14.6. The molecule has 1 aromatic carbocycles. The number of nitrogen functional groups attached to an aromatic ring is 1. The molecule has 1 atom stereocenters.